The van der Waals surface area contributed by atoms with Crippen molar-refractivity contribution in [2.24, 2.45) is 0 Å². The predicted molar refractivity (Wildman–Crippen MR) is 85.1 cm³/mol. The molecule has 0 spiro atoms. The molecule has 0 saturated heterocycles. The molecule has 4 rings (SSSR count). The average Bonchev–Trinajstić information content (AvgIpc) is 3.23. The van der Waals surface area contributed by atoms with Crippen molar-refractivity contribution in [3.05, 3.63) is 41.7 Å². The van der Waals surface area contributed by atoms with Gasteiger partial charge in [-0.1, -0.05) is 6.07 Å². The number of nitrogens with zero attached hydrogens (tertiary/aromatic N) is 3. The fourth-order valence-electron chi connectivity index (χ4n) is 3.01. The summed E-state index contributed by atoms with van der Waals surface area (Å²) in [4.78, 5) is 9.00. The summed E-state index contributed by atoms with van der Waals surface area (Å²) in [6.45, 7) is 4.15. The smallest absolute Gasteiger partial charge is 0.143 e. The number of aromatic nitrogens is 3. The van der Waals surface area contributed by atoms with Crippen LogP contribution in [0.2, 0.25) is 0 Å². The van der Waals surface area contributed by atoms with E-state index in [0.29, 0.717) is 6.04 Å². The Balaban J connectivity index is 2.05. The second-order valence-corrected chi connectivity index (χ2v) is 5.94. The molecule has 0 amide bonds. The van der Waals surface area contributed by atoms with Crippen molar-refractivity contribution in [2.45, 2.75) is 32.7 Å². The number of pyridine rings is 1. The third-order valence-electron chi connectivity index (χ3n) is 4.18. The summed E-state index contributed by atoms with van der Waals surface area (Å²) >= 11 is 0. The van der Waals surface area contributed by atoms with Crippen LogP contribution in [0.1, 0.15) is 30.0 Å². The molecule has 1 aromatic carbocycles. The van der Waals surface area contributed by atoms with Crippen LogP contribution in [0.4, 0.5) is 5.69 Å². The first-order chi connectivity index (χ1) is 10.1. The standard InChI is InChI=1S/C17H18N4/c1-10-7-11(2)16(18)13(8-10)17-20-14-9-19-6-5-15(14)21(17)12-3-4-12/h5-9,12H,3-4,18H2,1-2H3. The highest BCUT2D eigenvalue weighted by atomic mass is 15.1. The number of fused-ring (bicyclic) bond motifs is 1. The normalized spacial score (nSPS) is 14.8. The van der Waals surface area contributed by atoms with Gasteiger partial charge in [-0.05, 0) is 49.9 Å². The first-order valence-corrected chi connectivity index (χ1v) is 7.34. The van der Waals surface area contributed by atoms with Crippen molar-refractivity contribution in [1.82, 2.24) is 14.5 Å². The largest absolute Gasteiger partial charge is 0.398 e. The number of nitrogen functional groups attached to an aromatic ring is 1. The van der Waals surface area contributed by atoms with E-state index < -0.39 is 0 Å². The van der Waals surface area contributed by atoms with Crippen LogP contribution < -0.4 is 5.73 Å². The van der Waals surface area contributed by atoms with Gasteiger partial charge in [0.05, 0.1) is 11.7 Å². The van der Waals surface area contributed by atoms with Gasteiger partial charge in [-0.3, -0.25) is 4.98 Å². The van der Waals surface area contributed by atoms with Crippen LogP contribution in [0.5, 0.6) is 0 Å². The molecule has 3 aromatic rings. The van der Waals surface area contributed by atoms with E-state index in [0.717, 1.165) is 33.7 Å². The number of hydrogen-bond acceptors (Lipinski definition) is 3. The minimum atomic E-state index is 0.549. The first-order valence-electron chi connectivity index (χ1n) is 7.34. The second-order valence-electron chi connectivity index (χ2n) is 5.94. The molecule has 2 N–H and O–H groups in total. The minimum absolute atomic E-state index is 0.549. The van der Waals surface area contributed by atoms with Crippen LogP contribution in [0.3, 0.4) is 0 Å². The van der Waals surface area contributed by atoms with E-state index in [9.17, 15) is 0 Å². The summed E-state index contributed by atoms with van der Waals surface area (Å²) in [6.07, 6.45) is 6.09. The van der Waals surface area contributed by atoms with E-state index in [1.807, 2.05) is 18.5 Å². The molecular weight excluding hydrogens is 260 g/mol. The average molecular weight is 278 g/mol. The van der Waals surface area contributed by atoms with Crippen molar-refractivity contribution >= 4 is 16.7 Å². The number of benzene rings is 1. The van der Waals surface area contributed by atoms with Crippen molar-refractivity contribution in [2.75, 3.05) is 5.73 Å². The highest BCUT2D eigenvalue weighted by molar-refractivity contribution is 5.84. The topological polar surface area (TPSA) is 56.7 Å². The summed E-state index contributed by atoms with van der Waals surface area (Å²) in [6, 6.07) is 6.84. The number of hydrogen-bond donors (Lipinski definition) is 1. The van der Waals surface area contributed by atoms with Crippen molar-refractivity contribution < 1.29 is 0 Å². The highest BCUT2D eigenvalue weighted by Crippen LogP contribution is 2.42. The Morgan fingerprint density at radius 3 is 2.81 bits per heavy atom. The van der Waals surface area contributed by atoms with Crippen molar-refractivity contribution in [1.29, 1.82) is 0 Å². The fraction of sp³-hybridized carbons (Fsp3) is 0.294. The van der Waals surface area contributed by atoms with Gasteiger partial charge in [-0.15, -0.1) is 0 Å². The zero-order chi connectivity index (χ0) is 14.6. The lowest BCUT2D eigenvalue weighted by Gasteiger charge is -2.12. The van der Waals surface area contributed by atoms with E-state index >= 15 is 0 Å². The zero-order valence-corrected chi connectivity index (χ0v) is 12.3. The van der Waals surface area contributed by atoms with Crippen LogP contribution >= 0.6 is 0 Å². The Kier molecular flexibility index (Phi) is 2.55. The van der Waals surface area contributed by atoms with Crippen LogP contribution in [-0.4, -0.2) is 14.5 Å². The Bertz CT molecular complexity index is 843. The molecule has 2 aromatic heterocycles. The Morgan fingerprint density at radius 2 is 2.05 bits per heavy atom. The van der Waals surface area contributed by atoms with Gasteiger partial charge in [-0.2, -0.15) is 0 Å². The van der Waals surface area contributed by atoms with Crippen molar-refractivity contribution in [3.63, 3.8) is 0 Å². The molecule has 1 fully saturated rings. The third-order valence-corrected chi connectivity index (χ3v) is 4.18. The summed E-state index contributed by atoms with van der Waals surface area (Å²) in [7, 11) is 0. The zero-order valence-electron chi connectivity index (χ0n) is 12.3. The van der Waals surface area contributed by atoms with Gasteiger partial charge in [0.15, 0.2) is 0 Å². The van der Waals surface area contributed by atoms with Gasteiger partial charge in [0, 0.05) is 23.5 Å². The SMILES string of the molecule is Cc1cc(C)c(N)c(-c2nc3cnccc3n2C2CC2)c1. The lowest BCUT2D eigenvalue weighted by Crippen LogP contribution is -2.02. The molecule has 1 aliphatic carbocycles. The van der Waals surface area contributed by atoms with Gasteiger partial charge in [0.1, 0.15) is 11.3 Å². The molecule has 0 bridgehead atoms. The number of imidazole rings is 1. The molecule has 2 heterocycles. The minimum Gasteiger partial charge on any atom is -0.398 e. The Labute approximate surface area is 123 Å². The van der Waals surface area contributed by atoms with Gasteiger partial charge >= 0.3 is 0 Å². The lowest BCUT2D eigenvalue weighted by atomic mass is 10.0. The van der Waals surface area contributed by atoms with Crippen LogP contribution in [0, 0.1) is 13.8 Å². The van der Waals surface area contributed by atoms with Crippen molar-refractivity contribution in [3.8, 4) is 11.4 Å². The molecule has 0 aliphatic heterocycles. The molecule has 106 valence electrons. The van der Waals surface area contributed by atoms with Gasteiger partial charge in [-0.25, -0.2) is 4.98 Å². The molecule has 0 unspecified atom stereocenters. The predicted octanol–water partition coefficient (Wildman–Crippen LogP) is 3.63. The van der Waals surface area contributed by atoms with E-state index in [1.54, 1.807) is 0 Å². The maximum Gasteiger partial charge on any atom is 0.143 e. The monoisotopic (exact) mass is 278 g/mol. The number of rotatable bonds is 2. The molecule has 21 heavy (non-hydrogen) atoms. The van der Waals surface area contributed by atoms with Crippen LogP contribution in [-0.2, 0) is 0 Å². The van der Waals surface area contributed by atoms with Crippen LogP contribution in [0.15, 0.2) is 30.6 Å². The number of nitrogens with two attached hydrogens (primary N) is 1. The molecule has 4 heteroatoms. The molecule has 4 nitrogen and oxygen atoms in total. The maximum absolute atomic E-state index is 6.33. The molecule has 1 saturated carbocycles. The maximum atomic E-state index is 6.33. The summed E-state index contributed by atoms with van der Waals surface area (Å²) < 4.78 is 2.33. The van der Waals surface area contributed by atoms with E-state index in [4.69, 9.17) is 10.7 Å². The molecule has 0 radical (unpaired) electrons. The quantitative estimate of drug-likeness (QED) is 0.728. The van der Waals surface area contributed by atoms with E-state index in [1.165, 1.54) is 18.4 Å². The third kappa shape index (κ3) is 1.90. The lowest BCUT2D eigenvalue weighted by molar-refractivity contribution is 0.775. The Hall–Kier alpha value is -2.36. The highest BCUT2D eigenvalue weighted by Gasteiger charge is 2.29. The second kappa shape index (κ2) is 4.32. The summed E-state index contributed by atoms with van der Waals surface area (Å²) in [5.74, 6) is 0.977. The number of anilines is 1. The number of aryl methyl sites for hydroxylation is 2. The fourth-order valence-corrected chi connectivity index (χ4v) is 3.01. The molecular formula is C17H18N4. The van der Waals surface area contributed by atoms with E-state index in [2.05, 4.69) is 35.5 Å². The van der Waals surface area contributed by atoms with Gasteiger partial charge in [0.25, 0.3) is 0 Å². The first kappa shape index (κ1) is 12.4. The Morgan fingerprint density at radius 1 is 1.24 bits per heavy atom. The summed E-state index contributed by atoms with van der Waals surface area (Å²) in [5, 5.41) is 0. The van der Waals surface area contributed by atoms with Gasteiger partial charge < -0.3 is 10.3 Å². The summed E-state index contributed by atoms with van der Waals surface area (Å²) in [5.41, 5.74) is 12.6. The molecule has 0 atom stereocenters. The van der Waals surface area contributed by atoms with Gasteiger partial charge in [0.2, 0.25) is 0 Å². The van der Waals surface area contributed by atoms with E-state index in [-0.39, 0.29) is 0 Å². The molecule has 1 aliphatic rings. The van der Waals surface area contributed by atoms with Crippen LogP contribution in [0.25, 0.3) is 22.4 Å².